The van der Waals surface area contributed by atoms with Crippen LogP contribution >= 0.6 is 0 Å². The molecule has 0 saturated heterocycles. The second-order valence-electron chi connectivity index (χ2n) is 8.28. The monoisotopic (exact) mass is 462 g/mol. The van der Waals surface area contributed by atoms with Gasteiger partial charge in [0, 0.05) is 11.8 Å². The number of pyridine rings is 1. The lowest BCUT2D eigenvalue weighted by Gasteiger charge is -2.13. The molecule has 32 heavy (non-hydrogen) atoms. The summed E-state index contributed by atoms with van der Waals surface area (Å²) in [4.78, 5) is 17.3. The van der Waals surface area contributed by atoms with E-state index >= 15 is 0 Å². The number of carbonyl (C=O) groups excluding carboxylic acids is 1. The number of hydrogen-bond donors (Lipinski definition) is 2. The van der Waals surface area contributed by atoms with Crippen molar-refractivity contribution in [2.75, 3.05) is 5.32 Å². The summed E-state index contributed by atoms with van der Waals surface area (Å²) in [5.41, 5.74) is 1.22. The number of nitrogens with one attached hydrogen (secondary N) is 1. The molecule has 2 saturated carbocycles. The Balaban J connectivity index is 1.62. The van der Waals surface area contributed by atoms with E-state index in [4.69, 9.17) is 5.11 Å². The lowest BCUT2D eigenvalue weighted by atomic mass is 9.98. The topological polar surface area (TPSA) is 96.4 Å². The van der Waals surface area contributed by atoms with Crippen LogP contribution in [-0.4, -0.2) is 42.0 Å². The van der Waals surface area contributed by atoms with E-state index in [1.807, 2.05) is 0 Å². The number of rotatable bonds is 7. The van der Waals surface area contributed by atoms with Gasteiger partial charge < -0.3 is 10.4 Å². The summed E-state index contributed by atoms with van der Waals surface area (Å²) in [7, 11) is -3.37. The van der Waals surface area contributed by atoms with Crippen LogP contribution in [0.25, 0.3) is 5.57 Å². The molecule has 1 aromatic heterocycles. The fraction of sp³-hybridized carbons (Fsp3) is 0.391. The first-order valence-electron chi connectivity index (χ1n) is 10.5. The average Bonchev–Trinajstić information content (AvgIpc) is 3.59. The van der Waals surface area contributed by atoms with Gasteiger partial charge >= 0.3 is 0 Å². The van der Waals surface area contributed by atoms with E-state index < -0.39 is 34.0 Å². The molecule has 2 unspecified atom stereocenters. The van der Waals surface area contributed by atoms with Crippen molar-refractivity contribution in [3.8, 4) is 0 Å². The predicted octanol–water partition coefficient (Wildman–Crippen LogP) is 3.62. The van der Waals surface area contributed by atoms with Gasteiger partial charge in [0.05, 0.1) is 16.8 Å². The van der Waals surface area contributed by atoms with Crippen molar-refractivity contribution in [2.45, 2.75) is 54.8 Å². The molecule has 170 valence electrons. The maximum Gasteiger partial charge on any atom is 0.257 e. The molecule has 6 nitrogen and oxygen atoms in total. The fourth-order valence-corrected chi connectivity index (χ4v) is 5.47. The average molecular weight is 463 g/mol. The lowest BCUT2D eigenvalue weighted by molar-refractivity contribution is -0.111. The number of anilines is 1. The zero-order chi connectivity index (χ0) is 22.9. The minimum absolute atomic E-state index is 0.0183. The van der Waals surface area contributed by atoms with E-state index in [0.717, 1.165) is 0 Å². The number of halogens is 2. The zero-order valence-corrected chi connectivity index (χ0v) is 18.1. The van der Waals surface area contributed by atoms with Crippen LogP contribution in [0.3, 0.4) is 0 Å². The summed E-state index contributed by atoms with van der Waals surface area (Å²) in [5.74, 6) is -0.727. The van der Waals surface area contributed by atoms with Crippen LogP contribution in [-0.2, 0) is 21.2 Å². The van der Waals surface area contributed by atoms with Gasteiger partial charge in [-0.1, -0.05) is 24.3 Å². The second-order valence-corrected chi connectivity index (χ2v) is 10.5. The Labute approximate surface area is 185 Å². The first kappa shape index (κ1) is 22.5. The molecule has 1 heterocycles. The van der Waals surface area contributed by atoms with Gasteiger partial charge in [0.2, 0.25) is 0 Å². The highest BCUT2D eigenvalue weighted by Gasteiger charge is 2.37. The molecule has 4 rings (SSSR count). The molecular formula is C23H24F2N2O4S. The summed E-state index contributed by atoms with van der Waals surface area (Å²) in [6.45, 7) is -0.182. The number of benzene rings is 1. The van der Waals surface area contributed by atoms with Crippen LogP contribution in [0.5, 0.6) is 0 Å². The highest BCUT2D eigenvalue weighted by Crippen LogP contribution is 2.36. The predicted molar refractivity (Wildman–Crippen MR) is 116 cm³/mol. The van der Waals surface area contributed by atoms with Gasteiger partial charge in [-0.25, -0.2) is 22.2 Å². The van der Waals surface area contributed by atoms with Crippen LogP contribution < -0.4 is 5.32 Å². The standard InChI is InChI=1S/C23H24F2N2O4S/c24-20-10-15(11-21(20)25)9-19(23(29)27-22-8-1-14(13-28)12-26-22)16-2-4-17(5-3-16)32(30,31)18-6-7-18/h1-5,8-9,12,15,18,20-21,28H,6-7,10-11,13H2,(H,26,27,29)/b19-9+. The number of alkyl halides is 2. The van der Waals surface area contributed by atoms with Gasteiger partial charge in [-0.15, -0.1) is 0 Å². The molecule has 9 heteroatoms. The summed E-state index contributed by atoms with van der Waals surface area (Å²) in [6.07, 6.45) is 1.10. The Morgan fingerprint density at radius 1 is 1.09 bits per heavy atom. The van der Waals surface area contributed by atoms with Crippen molar-refractivity contribution in [1.29, 1.82) is 0 Å². The van der Waals surface area contributed by atoms with E-state index in [-0.39, 0.29) is 41.0 Å². The molecule has 0 spiro atoms. The summed E-state index contributed by atoms with van der Waals surface area (Å²) < 4.78 is 52.3. The highest BCUT2D eigenvalue weighted by atomic mass is 32.2. The van der Waals surface area contributed by atoms with Gasteiger partial charge in [0.1, 0.15) is 18.2 Å². The molecule has 1 aromatic carbocycles. The van der Waals surface area contributed by atoms with Crippen LogP contribution in [0.2, 0.25) is 0 Å². The van der Waals surface area contributed by atoms with Crippen molar-refractivity contribution < 1.29 is 27.1 Å². The fourth-order valence-electron chi connectivity index (χ4n) is 3.82. The van der Waals surface area contributed by atoms with Crippen molar-refractivity contribution >= 4 is 27.1 Å². The number of aliphatic hydroxyl groups is 1. The first-order valence-corrected chi connectivity index (χ1v) is 12.0. The molecule has 1 amide bonds. The molecule has 0 bridgehead atoms. The normalized spacial score (nSPS) is 23.8. The smallest absolute Gasteiger partial charge is 0.257 e. The minimum atomic E-state index is -3.37. The second kappa shape index (κ2) is 9.07. The van der Waals surface area contributed by atoms with E-state index in [9.17, 15) is 22.0 Å². The Hall–Kier alpha value is -2.65. The molecule has 2 N–H and O–H groups in total. The van der Waals surface area contributed by atoms with E-state index in [1.54, 1.807) is 12.1 Å². The van der Waals surface area contributed by atoms with Crippen molar-refractivity contribution in [3.05, 3.63) is 59.8 Å². The van der Waals surface area contributed by atoms with Crippen LogP contribution in [0, 0.1) is 5.92 Å². The van der Waals surface area contributed by atoms with Gasteiger partial charge in [0.15, 0.2) is 9.84 Å². The van der Waals surface area contributed by atoms with E-state index in [1.165, 1.54) is 36.5 Å². The molecule has 2 fully saturated rings. The Morgan fingerprint density at radius 2 is 1.75 bits per heavy atom. The van der Waals surface area contributed by atoms with Gasteiger partial charge in [-0.05, 0) is 60.9 Å². The lowest BCUT2D eigenvalue weighted by Crippen LogP contribution is -2.16. The van der Waals surface area contributed by atoms with Crippen molar-refractivity contribution in [2.24, 2.45) is 5.92 Å². The number of amides is 1. The molecule has 0 radical (unpaired) electrons. The third kappa shape index (κ3) is 4.88. The zero-order valence-electron chi connectivity index (χ0n) is 17.2. The van der Waals surface area contributed by atoms with Crippen LogP contribution in [0.1, 0.15) is 36.8 Å². The molecular weight excluding hydrogens is 438 g/mol. The third-order valence-electron chi connectivity index (χ3n) is 5.80. The minimum Gasteiger partial charge on any atom is -0.392 e. The molecule has 2 aliphatic rings. The Bertz CT molecular complexity index is 1100. The molecule has 0 aliphatic heterocycles. The van der Waals surface area contributed by atoms with Gasteiger partial charge in [0.25, 0.3) is 5.91 Å². The molecule has 2 aromatic rings. The summed E-state index contributed by atoms with van der Waals surface area (Å²) >= 11 is 0. The largest absolute Gasteiger partial charge is 0.392 e. The molecule has 2 aliphatic carbocycles. The van der Waals surface area contributed by atoms with Crippen molar-refractivity contribution in [1.82, 2.24) is 4.98 Å². The Kier molecular flexibility index (Phi) is 6.39. The highest BCUT2D eigenvalue weighted by molar-refractivity contribution is 7.92. The van der Waals surface area contributed by atoms with Crippen LogP contribution in [0.4, 0.5) is 14.6 Å². The van der Waals surface area contributed by atoms with Crippen LogP contribution in [0.15, 0.2) is 53.6 Å². The number of hydrogen-bond acceptors (Lipinski definition) is 5. The number of sulfone groups is 1. The Morgan fingerprint density at radius 3 is 2.28 bits per heavy atom. The number of aliphatic hydroxyl groups excluding tert-OH is 1. The number of nitrogens with zero attached hydrogens (tertiary/aromatic N) is 1. The van der Waals surface area contributed by atoms with E-state index in [0.29, 0.717) is 24.0 Å². The van der Waals surface area contributed by atoms with Gasteiger partial charge in [-0.3, -0.25) is 4.79 Å². The summed E-state index contributed by atoms with van der Waals surface area (Å²) in [6, 6.07) is 9.15. The number of allylic oxidation sites excluding steroid dienone is 1. The number of aromatic nitrogens is 1. The first-order chi connectivity index (χ1) is 15.3. The number of carbonyl (C=O) groups is 1. The maximum absolute atomic E-state index is 13.7. The quantitative estimate of drug-likeness (QED) is 0.613. The summed E-state index contributed by atoms with van der Waals surface area (Å²) in [5, 5.41) is 11.4. The molecule has 2 atom stereocenters. The van der Waals surface area contributed by atoms with Gasteiger partial charge in [-0.2, -0.15) is 0 Å². The SMILES string of the molecule is O=C(Nc1ccc(CO)cn1)/C(=C/C1CC(F)C(F)C1)c1ccc(S(=O)(=O)C2CC2)cc1. The van der Waals surface area contributed by atoms with Crippen molar-refractivity contribution in [3.63, 3.8) is 0 Å². The van der Waals surface area contributed by atoms with E-state index in [2.05, 4.69) is 10.3 Å². The third-order valence-corrected chi connectivity index (χ3v) is 8.08. The maximum atomic E-state index is 13.7.